The van der Waals surface area contributed by atoms with E-state index < -0.39 is 0 Å². The largest absolute Gasteiger partial charge is 0.370 e. The molecule has 3 rings (SSSR count). The van der Waals surface area contributed by atoms with Gasteiger partial charge < -0.3 is 10.6 Å². The van der Waals surface area contributed by atoms with E-state index >= 15 is 0 Å². The summed E-state index contributed by atoms with van der Waals surface area (Å²) in [6.07, 6.45) is 15.7. The van der Waals surface area contributed by atoms with Gasteiger partial charge in [-0.15, -0.1) is 0 Å². The average Bonchev–Trinajstić information content (AvgIpc) is 3.02. The number of nitrogens with zero attached hydrogens (tertiary/aromatic N) is 2. The number of anilines is 2. The van der Waals surface area contributed by atoms with Gasteiger partial charge in [-0.1, -0.05) is 24.5 Å². The van der Waals surface area contributed by atoms with Gasteiger partial charge in [-0.25, -0.2) is 9.97 Å². The summed E-state index contributed by atoms with van der Waals surface area (Å²) in [6.45, 7) is 0.964. The molecule has 4 nitrogen and oxygen atoms in total. The summed E-state index contributed by atoms with van der Waals surface area (Å²) < 4.78 is 0. The molecular weight excluding hydrogens is 260 g/mol. The van der Waals surface area contributed by atoms with Gasteiger partial charge in [0, 0.05) is 18.7 Å². The van der Waals surface area contributed by atoms with E-state index in [2.05, 4.69) is 26.7 Å². The minimum atomic E-state index is 0.597. The van der Waals surface area contributed by atoms with Crippen molar-refractivity contribution in [1.82, 2.24) is 9.97 Å². The highest BCUT2D eigenvalue weighted by Crippen LogP contribution is 2.22. The van der Waals surface area contributed by atoms with E-state index in [9.17, 15) is 0 Å². The molecule has 2 aliphatic carbocycles. The first-order chi connectivity index (χ1) is 10.4. The normalized spacial score (nSPS) is 19.3. The van der Waals surface area contributed by atoms with Crippen molar-refractivity contribution in [2.45, 2.75) is 63.8 Å². The Kier molecular flexibility index (Phi) is 5.08. The third-order valence-corrected chi connectivity index (χ3v) is 4.51. The van der Waals surface area contributed by atoms with E-state index in [-0.39, 0.29) is 0 Å². The highest BCUT2D eigenvalue weighted by Gasteiger charge is 2.15. The number of nitrogens with one attached hydrogen (secondary N) is 2. The standard InChI is InChI=1S/C17H26N4/c1-2-6-14(7-3-1)10-11-18-16-12-17(20-13-19-16)21-15-8-4-5-9-15/h6,12-13,15H,1-5,7-11H2,(H2,18,19,20,21). The summed E-state index contributed by atoms with van der Waals surface area (Å²) in [6, 6.07) is 2.63. The lowest BCUT2D eigenvalue weighted by atomic mass is 9.97. The van der Waals surface area contributed by atoms with Gasteiger partial charge in [0.25, 0.3) is 0 Å². The van der Waals surface area contributed by atoms with Crippen molar-refractivity contribution in [3.8, 4) is 0 Å². The van der Waals surface area contributed by atoms with Crippen molar-refractivity contribution in [3.63, 3.8) is 0 Å². The summed E-state index contributed by atoms with van der Waals surface area (Å²) in [7, 11) is 0. The Morgan fingerprint density at radius 2 is 1.90 bits per heavy atom. The van der Waals surface area contributed by atoms with Crippen molar-refractivity contribution < 1.29 is 0 Å². The maximum atomic E-state index is 4.33. The lowest BCUT2D eigenvalue weighted by Crippen LogP contribution is -2.16. The zero-order chi connectivity index (χ0) is 14.3. The lowest BCUT2D eigenvalue weighted by molar-refractivity contribution is 0.679. The minimum absolute atomic E-state index is 0.597. The van der Waals surface area contributed by atoms with Crippen LogP contribution in [0.25, 0.3) is 0 Å². The van der Waals surface area contributed by atoms with E-state index in [1.165, 1.54) is 51.4 Å². The molecule has 2 N–H and O–H groups in total. The van der Waals surface area contributed by atoms with Gasteiger partial charge in [-0.3, -0.25) is 0 Å². The monoisotopic (exact) mass is 286 g/mol. The smallest absolute Gasteiger partial charge is 0.131 e. The molecule has 1 heterocycles. The van der Waals surface area contributed by atoms with Gasteiger partial charge >= 0.3 is 0 Å². The molecule has 0 unspecified atom stereocenters. The molecule has 0 bridgehead atoms. The first-order valence-corrected chi connectivity index (χ1v) is 8.40. The van der Waals surface area contributed by atoms with Crippen molar-refractivity contribution in [2.24, 2.45) is 0 Å². The SMILES string of the molecule is C1=C(CCNc2cc(NC3CCCC3)ncn2)CCCC1. The molecule has 0 radical (unpaired) electrons. The third-order valence-electron chi connectivity index (χ3n) is 4.51. The molecule has 1 saturated carbocycles. The summed E-state index contributed by atoms with van der Waals surface area (Å²) in [5, 5.41) is 6.94. The molecule has 0 spiro atoms. The Balaban J connectivity index is 1.47. The molecular formula is C17H26N4. The Hall–Kier alpha value is -1.58. The van der Waals surface area contributed by atoms with Crippen molar-refractivity contribution in [3.05, 3.63) is 24.0 Å². The molecule has 0 aliphatic heterocycles. The maximum Gasteiger partial charge on any atom is 0.131 e. The lowest BCUT2D eigenvalue weighted by Gasteiger charge is -2.14. The molecule has 114 valence electrons. The van der Waals surface area contributed by atoms with Crippen LogP contribution < -0.4 is 10.6 Å². The summed E-state index contributed by atoms with van der Waals surface area (Å²) >= 11 is 0. The molecule has 4 heteroatoms. The van der Waals surface area contributed by atoms with Gasteiger partial charge in [0.05, 0.1) is 0 Å². The topological polar surface area (TPSA) is 49.8 Å². The predicted molar refractivity (Wildman–Crippen MR) is 87.6 cm³/mol. The van der Waals surface area contributed by atoms with Gasteiger partial charge in [-0.2, -0.15) is 0 Å². The predicted octanol–water partition coefficient (Wildman–Crippen LogP) is 4.13. The van der Waals surface area contributed by atoms with Crippen LogP contribution in [0.4, 0.5) is 11.6 Å². The van der Waals surface area contributed by atoms with Crippen molar-refractivity contribution in [2.75, 3.05) is 17.2 Å². The quantitative estimate of drug-likeness (QED) is 0.772. The van der Waals surface area contributed by atoms with Gasteiger partial charge in [-0.05, 0) is 44.9 Å². The third kappa shape index (κ3) is 4.45. The van der Waals surface area contributed by atoms with E-state index in [1.54, 1.807) is 11.9 Å². The van der Waals surface area contributed by atoms with Crippen LogP contribution in [0.15, 0.2) is 24.0 Å². The number of hydrogen-bond donors (Lipinski definition) is 2. The highest BCUT2D eigenvalue weighted by atomic mass is 15.1. The first kappa shape index (κ1) is 14.4. The van der Waals surface area contributed by atoms with Crippen LogP contribution in [-0.2, 0) is 0 Å². The minimum Gasteiger partial charge on any atom is -0.370 e. The Morgan fingerprint density at radius 1 is 1.05 bits per heavy atom. The molecule has 0 amide bonds. The maximum absolute atomic E-state index is 4.33. The van der Waals surface area contributed by atoms with Gasteiger partial charge in [0.1, 0.15) is 18.0 Å². The van der Waals surface area contributed by atoms with Crippen LogP contribution >= 0.6 is 0 Å². The Labute approximate surface area is 127 Å². The van der Waals surface area contributed by atoms with Crippen LogP contribution in [0.1, 0.15) is 57.8 Å². The fourth-order valence-corrected chi connectivity index (χ4v) is 3.30. The van der Waals surface area contributed by atoms with E-state index in [1.807, 2.05) is 6.07 Å². The van der Waals surface area contributed by atoms with E-state index in [4.69, 9.17) is 0 Å². The second-order valence-corrected chi connectivity index (χ2v) is 6.20. The summed E-state index contributed by atoms with van der Waals surface area (Å²) in [4.78, 5) is 8.64. The van der Waals surface area contributed by atoms with Crippen LogP contribution in [0.5, 0.6) is 0 Å². The van der Waals surface area contributed by atoms with Crippen LogP contribution in [0.3, 0.4) is 0 Å². The molecule has 21 heavy (non-hydrogen) atoms. The van der Waals surface area contributed by atoms with Crippen molar-refractivity contribution in [1.29, 1.82) is 0 Å². The molecule has 1 aromatic heterocycles. The zero-order valence-electron chi connectivity index (χ0n) is 12.8. The molecule has 1 aromatic rings. The van der Waals surface area contributed by atoms with Crippen LogP contribution in [0, 0.1) is 0 Å². The van der Waals surface area contributed by atoms with Gasteiger partial charge in [0.15, 0.2) is 0 Å². The van der Waals surface area contributed by atoms with E-state index in [0.29, 0.717) is 6.04 Å². The van der Waals surface area contributed by atoms with Crippen molar-refractivity contribution >= 4 is 11.6 Å². The number of hydrogen-bond acceptors (Lipinski definition) is 4. The molecule has 1 fully saturated rings. The Bertz CT molecular complexity index is 477. The van der Waals surface area contributed by atoms with E-state index in [0.717, 1.165) is 24.6 Å². The summed E-state index contributed by atoms with van der Waals surface area (Å²) in [5.41, 5.74) is 1.60. The molecule has 2 aliphatic rings. The Morgan fingerprint density at radius 3 is 2.71 bits per heavy atom. The number of allylic oxidation sites excluding steroid dienone is 1. The molecule has 0 aromatic carbocycles. The fourth-order valence-electron chi connectivity index (χ4n) is 3.30. The zero-order valence-corrected chi connectivity index (χ0v) is 12.8. The average molecular weight is 286 g/mol. The van der Waals surface area contributed by atoms with Gasteiger partial charge in [0.2, 0.25) is 0 Å². The van der Waals surface area contributed by atoms with Crippen LogP contribution in [0.2, 0.25) is 0 Å². The number of aromatic nitrogens is 2. The van der Waals surface area contributed by atoms with Crippen LogP contribution in [-0.4, -0.2) is 22.6 Å². The molecule has 0 saturated heterocycles. The molecule has 0 atom stereocenters. The second kappa shape index (κ2) is 7.43. The fraction of sp³-hybridized carbons (Fsp3) is 0.647. The first-order valence-electron chi connectivity index (χ1n) is 8.40. The summed E-state index contributed by atoms with van der Waals surface area (Å²) in [5.74, 6) is 1.89. The highest BCUT2D eigenvalue weighted by molar-refractivity contribution is 5.47. The number of rotatable bonds is 6. The second-order valence-electron chi connectivity index (χ2n) is 6.20.